The van der Waals surface area contributed by atoms with Crippen molar-refractivity contribution < 1.29 is 29.6 Å². The zero-order valence-electron chi connectivity index (χ0n) is 12.5. The molecule has 0 radical (unpaired) electrons. The first kappa shape index (κ1) is 14.8. The fourth-order valence-corrected chi connectivity index (χ4v) is 2.44. The van der Waals surface area contributed by atoms with Crippen LogP contribution in [0.25, 0.3) is 6.08 Å². The van der Waals surface area contributed by atoms with E-state index in [0.717, 1.165) is 0 Å². The van der Waals surface area contributed by atoms with Crippen LogP contribution in [-0.4, -0.2) is 28.2 Å². The minimum Gasteiger partial charge on any atom is -0.507 e. The molecule has 0 unspecified atom stereocenters. The summed E-state index contributed by atoms with van der Waals surface area (Å²) in [7, 11) is 1.41. The molecule has 3 rings (SSSR count). The fraction of sp³-hybridized carbons (Fsp3) is 0.118. The van der Waals surface area contributed by atoms with Crippen LogP contribution in [0.1, 0.15) is 21.5 Å². The Morgan fingerprint density at radius 3 is 2.48 bits per heavy atom. The first-order valence-electron chi connectivity index (χ1n) is 6.79. The predicted molar refractivity (Wildman–Crippen MR) is 82.1 cm³/mol. The summed E-state index contributed by atoms with van der Waals surface area (Å²) < 4.78 is 10.7. The van der Waals surface area contributed by atoms with Gasteiger partial charge in [-0.25, -0.2) is 0 Å². The van der Waals surface area contributed by atoms with Gasteiger partial charge in [0, 0.05) is 11.6 Å². The van der Waals surface area contributed by atoms with Gasteiger partial charge in [0.05, 0.1) is 7.11 Å². The number of ether oxygens (including phenoxy) is 2. The molecular formula is C17H14O6. The monoisotopic (exact) mass is 314 g/mol. The Morgan fingerprint density at radius 2 is 1.83 bits per heavy atom. The van der Waals surface area contributed by atoms with E-state index in [4.69, 9.17) is 9.47 Å². The highest BCUT2D eigenvalue weighted by atomic mass is 16.5. The lowest BCUT2D eigenvalue weighted by Gasteiger charge is -2.09. The maximum absolute atomic E-state index is 12.5. The van der Waals surface area contributed by atoms with Crippen LogP contribution in [0.3, 0.4) is 0 Å². The number of fused-ring (bicyclic) bond motifs is 1. The molecule has 0 amide bonds. The lowest BCUT2D eigenvalue weighted by atomic mass is 10.0. The Kier molecular flexibility index (Phi) is 3.37. The van der Waals surface area contributed by atoms with Gasteiger partial charge < -0.3 is 24.8 Å². The van der Waals surface area contributed by atoms with E-state index in [9.17, 15) is 20.1 Å². The average molecular weight is 314 g/mol. The van der Waals surface area contributed by atoms with Gasteiger partial charge in [-0.2, -0.15) is 0 Å². The van der Waals surface area contributed by atoms with Crippen molar-refractivity contribution in [3.8, 4) is 28.7 Å². The van der Waals surface area contributed by atoms with Crippen molar-refractivity contribution in [3.05, 3.63) is 46.7 Å². The minimum atomic E-state index is -0.382. The molecular weight excluding hydrogens is 300 g/mol. The Balaban J connectivity index is 2.07. The van der Waals surface area contributed by atoms with E-state index < -0.39 is 0 Å². The number of allylic oxidation sites excluding steroid dienone is 1. The molecule has 0 atom stereocenters. The van der Waals surface area contributed by atoms with Gasteiger partial charge in [0.2, 0.25) is 5.78 Å². The fourth-order valence-electron chi connectivity index (χ4n) is 2.44. The van der Waals surface area contributed by atoms with E-state index in [-0.39, 0.29) is 45.9 Å². The summed E-state index contributed by atoms with van der Waals surface area (Å²) in [5.41, 5.74) is 1.18. The molecule has 0 saturated carbocycles. The zero-order valence-corrected chi connectivity index (χ0v) is 12.5. The lowest BCUT2D eigenvalue weighted by Crippen LogP contribution is -2.01. The lowest BCUT2D eigenvalue weighted by molar-refractivity contribution is 0.101. The summed E-state index contributed by atoms with van der Waals surface area (Å²) in [6.45, 7) is 1.64. The van der Waals surface area contributed by atoms with E-state index in [1.165, 1.54) is 37.5 Å². The normalized spacial score (nSPS) is 14.7. The van der Waals surface area contributed by atoms with Gasteiger partial charge in [0.1, 0.15) is 22.8 Å². The van der Waals surface area contributed by atoms with Crippen LogP contribution in [0.2, 0.25) is 0 Å². The van der Waals surface area contributed by atoms with Gasteiger partial charge in [0.25, 0.3) is 0 Å². The number of phenols is 3. The molecule has 3 N–H and O–H groups in total. The number of ketones is 1. The van der Waals surface area contributed by atoms with Crippen LogP contribution in [0.15, 0.2) is 30.0 Å². The summed E-state index contributed by atoms with van der Waals surface area (Å²) in [4.78, 5) is 12.5. The smallest absolute Gasteiger partial charge is 0.235 e. The Bertz CT molecular complexity index is 851. The maximum Gasteiger partial charge on any atom is 0.235 e. The van der Waals surface area contributed by atoms with E-state index in [1.54, 1.807) is 6.92 Å². The second-order valence-corrected chi connectivity index (χ2v) is 5.12. The predicted octanol–water partition coefficient (Wildman–Crippen LogP) is 2.74. The van der Waals surface area contributed by atoms with Crippen LogP contribution in [0.5, 0.6) is 28.7 Å². The second kappa shape index (κ2) is 5.24. The molecule has 118 valence electrons. The summed E-state index contributed by atoms with van der Waals surface area (Å²) >= 11 is 0. The van der Waals surface area contributed by atoms with Gasteiger partial charge in [0.15, 0.2) is 17.3 Å². The van der Waals surface area contributed by atoms with Gasteiger partial charge in [-0.15, -0.1) is 0 Å². The first-order valence-corrected chi connectivity index (χ1v) is 6.79. The van der Waals surface area contributed by atoms with Gasteiger partial charge in [-0.3, -0.25) is 4.79 Å². The number of aromatic hydroxyl groups is 3. The Labute approximate surface area is 131 Å². The number of methoxy groups -OCH3 is 1. The molecule has 6 nitrogen and oxygen atoms in total. The molecule has 0 bridgehead atoms. The number of carbonyl (C=O) groups is 1. The van der Waals surface area contributed by atoms with Crippen molar-refractivity contribution in [2.24, 2.45) is 0 Å². The first-order chi connectivity index (χ1) is 10.9. The number of carbonyl (C=O) groups excluding carboxylic acids is 1. The number of rotatable bonds is 2. The molecule has 0 aromatic heterocycles. The van der Waals surface area contributed by atoms with Crippen molar-refractivity contribution in [2.75, 3.05) is 7.11 Å². The molecule has 1 aliphatic rings. The molecule has 1 aliphatic heterocycles. The van der Waals surface area contributed by atoms with Gasteiger partial charge >= 0.3 is 0 Å². The maximum atomic E-state index is 12.5. The molecule has 0 fully saturated rings. The van der Waals surface area contributed by atoms with E-state index in [2.05, 4.69) is 0 Å². The minimum absolute atomic E-state index is 0.0306. The number of benzene rings is 2. The molecule has 2 aromatic carbocycles. The van der Waals surface area contributed by atoms with Crippen LogP contribution >= 0.6 is 0 Å². The third-order valence-electron chi connectivity index (χ3n) is 3.64. The molecule has 0 aliphatic carbocycles. The molecule has 6 heteroatoms. The molecule has 0 saturated heterocycles. The number of hydrogen-bond donors (Lipinski definition) is 3. The Hall–Kier alpha value is -3.15. The van der Waals surface area contributed by atoms with Crippen LogP contribution in [0.4, 0.5) is 0 Å². The highest BCUT2D eigenvalue weighted by Gasteiger charge is 2.33. The summed E-state index contributed by atoms with van der Waals surface area (Å²) in [5, 5.41) is 28.7. The van der Waals surface area contributed by atoms with Crippen LogP contribution in [0, 0.1) is 6.92 Å². The second-order valence-electron chi connectivity index (χ2n) is 5.12. The largest absolute Gasteiger partial charge is 0.507 e. The van der Waals surface area contributed by atoms with E-state index >= 15 is 0 Å². The summed E-state index contributed by atoms with van der Waals surface area (Å²) in [6, 6.07) is 5.51. The molecule has 2 aromatic rings. The SMILES string of the molecule is COc1c(C)c(O)cc2c1C(=O)C(=Cc1ccc(O)c(O)c1)O2. The number of hydrogen-bond acceptors (Lipinski definition) is 6. The number of phenolic OH excluding ortho intramolecular Hbond substituents is 3. The highest BCUT2D eigenvalue weighted by molar-refractivity contribution is 6.16. The quantitative estimate of drug-likeness (QED) is 0.582. The Morgan fingerprint density at radius 1 is 1.09 bits per heavy atom. The van der Waals surface area contributed by atoms with Crippen molar-refractivity contribution in [1.29, 1.82) is 0 Å². The van der Waals surface area contributed by atoms with Crippen LogP contribution < -0.4 is 9.47 Å². The topological polar surface area (TPSA) is 96.2 Å². The van der Waals surface area contributed by atoms with E-state index in [1.807, 2.05) is 0 Å². The third kappa shape index (κ3) is 2.34. The third-order valence-corrected chi connectivity index (χ3v) is 3.64. The van der Waals surface area contributed by atoms with Gasteiger partial charge in [-0.05, 0) is 30.7 Å². The molecule has 0 spiro atoms. The number of Topliss-reactive ketones (excluding diaryl/α,β-unsaturated/α-hetero) is 1. The highest BCUT2D eigenvalue weighted by Crippen LogP contribution is 2.44. The summed E-state index contributed by atoms with van der Waals surface area (Å²) in [6.07, 6.45) is 1.44. The van der Waals surface area contributed by atoms with Crippen molar-refractivity contribution in [3.63, 3.8) is 0 Å². The van der Waals surface area contributed by atoms with Crippen molar-refractivity contribution in [1.82, 2.24) is 0 Å². The van der Waals surface area contributed by atoms with Gasteiger partial charge in [-0.1, -0.05) is 6.07 Å². The van der Waals surface area contributed by atoms with Crippen molar-refractivity contribution in [2.45, 2.75) is 6.92 Å². The zero-order chi connectivity index (χ0) is 16.7. The average Bonchev–Trinajstić information content (AvgIpc) is 2.81. The molecule has 1 heterocycles. The van der Waals surface area contributed by atoms with Crippen molar-refractivity contribution >= 4 is 11.9 Å². The van der Waals surface area contributed by atoms with Crippen LogP contribution in [-0.2, 0) is 0 Å². The standard InChI is InChI=1S/C17H14O6/c1-8-11(19)7-13-15(17(8)22-2)16(21)14(23-13)6-9-3-4-10(18)12(20)5-9/h3-7,18-20H,1-2H3. The van der Waals surface area contributed by atoms with E-state index in [0.29, 0.717) is 11.1 Å². The summed E-state index contributed by atoms with van der Waals surface area (Å²) in [5.74, 6) is -0.450. The molecule has 23 heavy (non-hydrogen) atoms.